The quantitative estimate of drug-likeness (QED) is 0.579. The molecule has 0 saturated carbocycles. The molecule has 1 unspecified atom stereocenters. The van der Waals surface area contributed by atoms with Gasteiger partial charge in [0.05, 0.1) is 22.2 Å². The Morgan fingerprint density at radius 2 is 2.09 bits per heavy atom. The average Bonchev–Trinajstić information content (AvgIpc) is 2.97. The van der Waals surface area contributed by atoms with E-state index in [0.29, 0.717) is 11.6 Å². The number of aliphatic hydroxyl groups is 1. The number of anilines is 1. The second-order valence-corrected chi connectivity index (χ2v) is 7.94. The number of fused-ring (bicyclic) bond motifs is 1. The molecule has 7 heteroatoms. The molecule has 2 aromatic carbocycles. The van der Waals surface area contributed by atoms with Crippen LogP contribution in [0, 0.1) is 0 Å². The van der Waals surface area contributed by atoms with Gasteiger partial charge in [-0.3, -0.25) is 0 Å². The van der Waals surface area contributed by atoms with Crippen LogP contribution >= 0.6 is 46.3 Å². The molecule has 3 aromatic rings. The summed E-state index contributed by atoms with van der Waals surface area (Å²) in [7, 11) is 0. The van der Waals surface area contributed by atoms with Crippen molar-refractivity contribution in [1.82, 2.24) is 4.98 Å². The number of nitrogens with one attached hydrogen (secondary N) is 1. The van der Waals surface area contributed by atoms with Crippen LogP contribution in [-0.2, 0) is 0 Å². The number of benzene rings is 2. The Bertz CT molecular complexity index is 777. The average molecular weight is 385 g/mol. The zero-order chi connectivity index (χ0) is 16.2. The van der Waals surface area contributed by atoms with Crippen LogP contribution in [0.3, 0.4) is 0 Å². The smallest absolute Gasteiger partial charge is 0.155 e. The highest BCUT2D eigenvalue weighted by molar-refractivity contribution is 8.01. The van der Waals surface area contributed by atoms with Crippen molar-refractivity contribution in [3.63, 3.8) is 0 Å². The highest BCUT2D eigenvalue weighted by atomic mass is 35.5. The number of para-hydroxylation sites is 1. The Labute approximate surface area is 152 Å². The molecule has 1 heterocycles. The summed E-state index contributed by atoms with van der Waals surface area (Å²) in [5.41, 5.74) is 1.87. The summed E-state index contributed by atoms with van der Waals surface area (Å²) in [4.78, 5) is 5.64. The molecule has 0 amide bonds. The van der Waals surface area contributed by atoms with E-state index in [1.165, 1.54) is 0 Å². The minimum absolute atomic E-state index is 0.188. The first kappa shape index (κ1) is 16.9. The highest BCUT2D eigenvalue weighted by Crippen LogP contribution is 2.38. The summed E-state index contributed by atoms with van der Waals surface area (Å²) in [5, 5.41) is 13.5. The number of hydrogen-bond donors (Lipinski definition) is 2. The summed E-state index contributed by atoms with van der Waals surface area (Å²) in [6.07, 6.45) is -0.601. The molecule has 23 heavy (non-hydrogen) atoms. The highest BCUT2D eigenvalue weighted by Gasteiger charge is 2.11. The first-order valence-corrected chi connectivity index (χ1v) is 9.51. The van der Waals surface area contributed by atoms with Crippen LogP contribution in [-0.4, -0.2) is 28.6 Å². The van der Waals surface area contributed by atoms with Gasteiger partial charge in [0.2, 0.25) is 0 Å². The predicted octanol–water partition coefficient (Wildman–Crippen LogP) is 5.11. The van der Waals surface area contributed by atoms with Crippen molar-refractivity contribution < 1.29 is 5.11 Å². The molecule has 1 aromatic heterocycles. The van der Waals surface area contributed by atoms with Gasteiger partial charge in [-0.05, 0) is 30.3 Å². The van der Waals surface area contributed by atoms with Crippen LogP contribution in [0.5, 0.6) is 0 Å². The molecule has 0 bridgehead atoms. The Morgan fingerprint density at radius 3 is 2.87 bits per heavy atom. The molecule has 0 saturated heterocycles. The SMILES string of the molecule is OC(CCl)CNc1cc(Cl)ccc1Sc1nc2ccccc2s1. The van der Waals surface area contributed by atoms with Crippen molar-refractivity contribution in [2.45, 2.75) is 15.3 Å². The van der Waals surface area contributed by atoms with Crippen LogP contribution < -0.4 is 5.32 Å². The second kappa shape index (κ2) is 7.73. The first-order chi connectivity index (χ1) is 11.2. The number of aliphatic hydroxyl groups excluding tert-OH is 1. The Balaban J connectivity index is 1.83. The van der Waals surface area contributed by atoms with Crippen LogP contribution in [0.15, 0.2) is 51.7 Å². The number of nitrogens with zero attached hydrogens (tertiary/aromatic N) is 1. The predicted molar refractivity (Wildman–Crippen MR) is 100 cm³/mol. The minimum atomic E-state index is -0.601. The molecule has 3 nitrogen and oxygen atoms in total. The van der Waals surface area contributed by atoms with Crippen molar-refractivity contribution >= 4 is 62.2 Å². The van der Waals surface area contributed by atoms with Crippen LogP contribution in [0.1, 0.15) is 0 Å². The lowest BCUT2D eigenvalue weighted by molar-refractivity contribution is 0.211. The molecule has 0 aliphatic heterocycles. The number of halogens is 2. The van der Waals surface area contributed by atoms with E-state index in [1.54, 1.807) is 23.1 Å². The summed E-state index contributed by atoms with van der Waals surface area (Å²) < 4.78 is 2.13. The van der Waals surface area contributed by atoms with Gasteiger partial charge < -0.3 is 10.4 Å². The molecule has 3 rings (SSSR count). The zero-order valence-electron chi connectivity index (χ0n) is 12.0. The molecular weight excluding hydrogens is 371 g/mol. The standard InChI is InChI=1S/C16H14Cl2N2OS2/c17-8-11(21)9-19-13-7-10(18)5-6-15(13)23-16-20-12-3-1-2-4-14(12)22-16/h1-7,11,19,21H,8-9H2. The number of hydrogen-bond acceptors (Lipinski definition) is 5. The third-order valence-corrected chi connectivity index (χ3v) is 5.88. The maximum absolute atomic E-state index is 9.62. The van der Waals surface area contributed by atoms with Gasteiger partial charge in [-0.1, -0.05) is 35.5 Å². The van der Waals surface area contributed by atoms with Crippen LogP contribution in [0.25, 0.3) is 10.2 Å². The largest absolute Gasteiger partial charge is 0.390 e. The lowest BCUT2D eigenvalue weighted by Gasteiger charge is -2.13. The topological polar surface area (TPSA) is 45.1 Å². The monoisotopic (exact) mass is 384 g/mol. The third-order valence-electron chi connectivity index (χ3n) is 3.12. The van der Waals surface area contributed by atoms with Crippen molar-refractivity contribution in [2.75, 3.05) is 17.7 Å². The van der Waals surface area contributed by atoms with Crippen LogP contribution in [0.2, 0.25) is 5.02 Å². The maximum Gasteiger partial charge on any atom is 0.155 e. The Morgan fingerprint density at radius 1 is 1.26 bits per heavy atom. The molecule has 1 atom stereocenters. The summed E-state index contributed by atoms with van der Waals surface area (Å²) in [6.45, 7) is 0.372. The fraction of sp³-hybridized carbons (Fsp3) is 0.188. The van der Waals surface area contributed by atoms with Crippen molar-refractivity contribution in [3.8, 4) is 0 Å². The van der Waals surface area contributed by atoms with Gasteiger partial charge in [0, 0.05) is 22.2 Å². The van der Waals surface area contributed by atoms with E-state index in [1.807, 2.05) is 36.4 Å². The molecule has 0 radical (unpaired) electrons. The fourth-order valence-corrected chi connectivity index (χ4v) is 4.39. The molecule has 0 aliphatic rings. The van der Waals surface area contributed by atoms with E-state index < -0.39 is 6.10 Å². The third kappa shape index (κ3) is 4.31. The summed E-state index contributed by atoms with van der Waals surface area (Å²) in [6, 6.07) is 13.7. The lowest BCUT2D eigenvalue weighted by atomic mass is 10.3. The van der Waals surface area contributed by atoms with E-state index >= 15 is 0 Å². The van der Waals surface area contributed by atoms with E-state index in [-0.39, 0.29) is 5.88 Å². The minimum Gasteiger partial charge on any atom is -0.390 e. The van der Waals surface area contributed by atoms with Gasteiger partial charge in [-0.2, -0.15) is 0 Å². The fourth-order valence-electron chi connectivity index (χ4n) is 2.00. The Kier molecular flexibility index (Phi) is 5.67. The van der Waals surface area contributed by atoms with Gasteiger partial charge in [0.25, 0.3) is 0 Å². The number of aromatic nitrogens is 1. The summed E-state index contributed by atoms with van der Waals surface area (Å²) in [5.74, 6) is 0.188. The van der Waals surface area contributed by atoms with Crippen molar-refractivity contribution in [2.24, 2.45) is 0 Å². The molecule has 120 valence electrons. The van der Waals surface area contributed by atoms with Gasteiger partial charge in [0.1, 0.15) is 0 Å². The molecule has 0 fully saturated rings. The molecular formula is C16H14Cl2N2OS2. The van der Waals surface area contributed by atoms with Gasteiger partial charge in [-0.25, -0.2) is 4.98 Å². The van der Waals surface area contributed by atoms with Crippen molar-refractivity contribution in [3.05, 3.63) is 47.5 Å². The number of rotatable bonds is 6. The maximum atomic E-state index is 9.62. The van der Waals surface area contributed by atoms with Crippen molar-refractivity contribution in [1.29, 1.82) is 0 Å². The van der Waals surface area contributed by atoms with E-state index in [2.05, 4.69) is 16.4 Å². The Hall–Kier alpha value is -0.980. The van der Waals surface area contributed by atoms with E-state index in [4.69, 9.17) is 23.2 Å². The van der Waals surface area contributed by atoms with E-state index in [9.17, 15) is 5.11 Å². The first-order valence-electron chi connectivity index (χ1n) is 6.96. The lowest BCUT2D eigenvalue weighted by Crippen LogP contribution is -2.21. The van der Waals surface area contributed by atoms with E-state index in [0.717, 1.165) is 25.1 Å². The number of alkyl halides is 1. The van der Waals surface area contributed by atoms with Gasteiger partial charge in [0.15, 0.2) is 4.34 Å². The number of thiazole rings is 1. The molecule has 0 aliphatic carbocycles. The van der Waals surface area contributed by atoms with Gasteiger partial charge in [-0.15, -0.1) is 22.9 Å². The second-order valence-electron chi connectivity index (χ2n) is 4.88. The normalized spacial score (nSPS) is 12.5. The molecule has 0 spiro atoms. The zero-order valence-corrected chi connectivity index (χ0v) is 15.1. The van der Waals surface area contributed by atoms with Crippen LogP contribution in [0.4, 0.5) is 5.69 Å². The van der Waals surface area contributed by atoms with Gasteiger partial charge >= 0.3 is 0 Å². The summed E-state index contributed by atoms with van der Waals surface area (Å²) >= 11 is 15.0. The molecule has 2 N–H and O–H groups in total.